The molecule has 1 aromatic heterocycles. The fraction of sp³-hybridized carbons (Fsp3) is 0.188. The van der Waals surface area contributed by atoms with Crippen LogP contribution in [0.4, 0.5) is 14.2 Å². The quantitative estimate of drug-likeness (QED) is 0.747. The minimum Gasteiger partial charge on any atom is -0.453 e. The number of hydrogen-bond donors (Lipinski definition) is 2. The van der Waals surface area contributed by atoms with Gasteiger partial charge in [-0.15, -0.1) is 23.1 Å². The summed E-state index contributed by atoms with van der Waals surface area (Å²) in [5.74, 6) is -0.710. The number of rotatable bonds is 6. The first-order chi connectivity index (χ1) is 12.0. The number of nitrogens with one attached hydrogen (secondary N) is 2. The van der Waals surface area contributed by atoms with Crippen molar-refractivity contribution in [1.82, 2.24) is 5.32 Å². The number of ether oxygens (including phenoxy) is 1. The molecule has 0 saturated heterocycles. The van der Waals surface area contributed by atoms with Crippen molar-refractivity contribution in [3.05, 3.63) is 47.1 Å². The number of amides is 3. The van der Waals surface area contributed by atoms with Gasteiger partial charge in [-0.05, 0) is 35.7 Å². The molecule has 0 spiro atoms. The fourth-order valence-corrected chi connectivity index (χ4v) is 3.43. The average molecular weight is 382 g/mol. The second-order valence-electron chi connectivity index (χ2n) is 4.71. The van der Waals surface area contributed by atoms with E-state index in [1.54, 1.807) is 17.5 Å². The van der Waals surface area contributed by atoms with Crippen molar-refractivity contribution in [2.75, 3.05) is 18.2 Å². The third kappa shape index (κ3) is 5.87. The van der Waals surface area contributed by atoms with Crippen molar-refractivity contribution in [2.24, 2.45) is 0 Å². The predicted octanol–water partition coefficient (Wildman–Crippen LogP) is 3.50. The lowest BCUT2D eigenvalue weighted by atomic mass is 10.3. The smallest absolute Gasteiger partial charge is 0.413 e. The van der Waals surface area contributed by atoms with Gasteiger partial charge in [0.25, 0.3) is 5.91 Å². The van der Waals surface area contributed by atoms with Gasteiger partial charge in [0.15, 0.2) is 0 Å². The Labute approximate surface area is 151 Å². The van der Waals surface area contributed by atoms with Crippen LogP contribution in [0, 0.1) is 5.82 Å². The largest absolute Gasteiger partial charge is 0.453 e. The number of thiophene rings is 1. The fourth-order valence-electron chi connectivity index (χ4n) is 1.78. The molecule has 0 aliphatic heterocycles. The number of benzene rings is 1. The lowest BCUT2D eigenvalue weighted by Crippen LogP contribution is -2.30. The molecule has 6 nitrogen and oxygen atoms in total. The molecule has 2 rings (SSSR count). The van der Waals surface area contributed by atoms with Crippen molar-refractivity contribution in [1.29, 1.82) is 0 Å². The summed E-state index contributed by atoms with van der Waals surface area (Å²) in [7, 11) is 1.15. The number of imide groups is 1. The van der Waals surface area contributed by atoms with E-state index in [0.717, 1.165) is 12.0 Å². The molecule has 2 aromatic rings. The first kappa shape index (κ1) is 18.9. The topological polar surface area (TPSA) is 84.5 Å². The van der Waals surface area contributed by atoms with Gasteiger partial charge in [-0.2, -0.15) is 0 Å². The standard InChI is InChI=1S/C16H15FN2O4S2/c1-23-16(22)19-14(21)12-6-8-25-15(12)18-13(20)7-9-24-11-4-2-10(17)3-5-11/h2-6,8H,7,9H2,1H3,(H,18,20)(H,19,21,22). The number of halogens is 1. The molecular formula is C16H15FN2O4S2. The van der Waals surface area contributed by atoms with Gasteiger partial charge in [-0.3, -0.25) is 14.9 Å². The second-order valence-corrected chi connectivity index (χ2v) is 6.79. The zero-order valence-electron chi connectivity index (χ0n) is 13.2. The summed E-state index contributed by atoms with van der Waals surface area (Å²) in [4.78, 5) is 35.9. The molecule has 1 aromatic carbocycles. The van der Waals surface area contributed by atoms with Crippen LogP contribution in [0.15, 0.2) is 40.6 Å². The van der Waals surface area contributed by atoms with E-state index in [1.165, 1.54) is 41.3 Å². The Morgan fingerprint density at radius 3 is 2.60 bits per heavy atom. The van der Waals surface area contributed by atoms with Crippen LogP contribution in [0.2, 0.25) is 0 Å². The molecule has 0 fully saturated rings. The highest BCUT2D eigenvalue weighted by Crippen LogP contribution is 2.24. The van der Waals surface area contributed by atoms with Gasteiger partial charge in [0.05, 0.1) is 12.7 Å². The van der Waals surface area contributed by atoms with E-state index in [2.05, 4.69) is 10.1 Å². The van der Waals surface area contributed by atoms with Gasteiger partial charge < -0.3 is 10.1 Å². The lowest BCUT2D eigenvalue weighted by molar-refractivity contribution is -0.115. The van der Waals surface area contributed by atoms with Gasteiger partial charge in [0.2, 0.25) is 5.91 Å². The predicted molar refractivity (Wildman–Crippen MR) is 94.6 cm³/mol. The number of thioether (sulfide) groups is 1. The van der Waals surface area contributed by atoms with E-state index in [-0.39, 0.29) is 23.7 Å². The molecule has 3 amide bonds. The van der Waals surface area contributed by atoms with Crippen LogP contribution in [0.3, 0.4) is 0 Å². The van der Waals surface area contributed by atoms with Crippen molar-refractivity contribution in [3.63, 3.8) is 0 Å². The average Bonchev–Trinajstić information content (AvgIpc) is 3.04. The maximum Gasteiger partial charge on any atom is 0.413 e. The first-order valence-corrected chi connectivity index (χ1v) is 9.01. The molecule has 2 N–H and O–H groups in total. The lowest BCUT2D eigenvalue weighted by Gasteiger charge is -2.06. The van der Waals surface area contributed by atoms with Crippen LogP contribution >= 0.6 is 23.1 Å². The Morgan fingerprint density at radius 2 is 1.92 bits per heavy atom. The van der Waals surface area contributed by atoms with Crippen molar-refractivity contribution in [3.8, 4) is 0 Å². The Hall–Kier alpha value is -2.39. The first-order valence-electron chi connectivity index (χ1n) is 7.14. The van der Waals surface area contributed by atoms with Crippen LogP contribution in [0.1, 0.15) is 16.8 Å². The summed E-state index contributed by atoms with van der Waals surface area (Å²) in [6.45, 7) is 0. The van der Waals surface area contributed by atoms with Crippen molar-refractivity contribution in [2.45, 2.75) is 11.3 Å². The van der Waals surface area contributed by atoms with E-state index in [1.807, 2.05) is 5.32 Å². The zero-order chi connectivity index (χ0) is 18.2. The van der Waals surface area contributed by atoms with Gasteiger partial charge in [0.1, 0.15) is 10.8 Å². The molecular weight excluding hydrogens is 367 g/mol. The maximum absolute atomic E-state index is 12.8. The number of methoxy groups -OCH3 is 1. The summed E-state index contributed by atoms with van der Waals surface area (Å²) in [6, 6.07) is 7.52. The van der Waals surface area contributed by atoms with Crippen LogP contribution in [-0.2, 0) is 9.53 Å². The number of carbonyl (C=O) groups excluding carboxylic acids is 3. The van der Waals surface area contributed by atoms with E-state index in [0.29, 0.717) is 10.8 Å². The van der Waals surface area contributed by atoms with E-state index < -0.39 is 12.0 Å². The molecule has 0 saturated carbocycles. The van der Waals surface area contributed by atoms with Crippen LogP contribution in [0.5, 0.6) is 0 Å². The Bertz CT molecular complexity index is 762. The molecule has 0 bridgehead atoms. The summed E-state index contributed by atoms with van der Waals surface area (Å²) in [5, 5.41) is 6.68. The van der Waals surface area contributed by atoms with Gasteiger partial charge in [0, 0.05) is 17.1 Å². The zero-order valence-corrected chi connectivity index (χ0v) is 14.8. The van der Waals surface area contributed by atoms with Crippen molar-refractivity contribution >= 4 is 46.0 Å². The highest BCUT2D eigenvalue weighted by Gasteiger charge is 2.17. The van der Waals surface area contributed by atoms with Crippen LogP contribution < -0.4 is 10.6 Å². The minimum absolute atomic E-state index is 0.190. The molecule has 0 unspecified atom stereocenters. The van der Waals surface area contributed by atoms with Gasteiger partial charge in [-0.1, -0.05) is 0 Å². The second kappa shape index (κ2) is 9.19. The molecule has 0 radical (unpaired) electrons. The molecule has 1 heterocycles. The number of alkyl carbamates (subject to hydrolysis) is 1. The highest BCUT2D eigenvalue weighted by molar-refractivity contribution is 7.99. The molecule has 25 heavy (non-hydrogen) atoms. The Kier molecular flexibility index (Phi) is 6.96. The van der Waals surface area contributed by atoms with Gasteiger partial charge >= 0.3 is 6.09 Å². The van der Waals surface area contributed by atoms with Crippen LogP contribution in [-0.4, -0.2) is 30.8 Å². The number of anilines is 1. The Balaban J connectivity index is 1.84. The normalized spacial score (nSPS) is 10.2. The summed E-state index contributed by atoms with van der Waals surface area (Å²) >= 11 is 2.61. The summed E-state index contributed by atoms with van der Waals surface area (Å²) in [5.41, 5.74) is 0.190. The van der Waals surface area contributed by atoms with E-state index in [9.17, 15) is 18.8 Å². The Morgan fingerprint density at radius 1 is 1.20 bits per heavy atom. The van der Waals surface area contributed by atoms with Gasteiger partial charge in [-0.25, -0.2) is 9.18 Å². The summed E-state index contributed by atoms with van der Waals surface area (Å²) in [6.07, 6.45) is -0.651. The molecule has 0 atom stereocenters. The third-order valence-corrected chi connectivity index (χ3v) is 4.82. The number of hydrogen-bond acceptors (Lipinski definition) is 6. The molecule has 0 aliphatic carbocycles. The summed E-state index contributed by atoms with van der Waals surface area (Å²) < 4.78 is 17.2. The third-order valence-electron chi connectivity index (χ3n) is 2.98. The van der Waals surface area contributed by atoms with Crippen LogP contribution in [0.25, 0.3) is 0 Å². The SMILES string of the molecule is COC(=O)NC(=O)c1ccsc1NC(=O)CCSc1ccc(F)cc1. The van der Waals surface area contributed by atoms with E-state index in [4.69, 9.17) is 0 Å². The molecule has 9 heteroatoms. The maximum atomic E-state index is 12.8. The monoisotopic (exact) mass is 382 g/mol. The van der Waals surface area contributed by atoms with Crippen molar-refractivity contribution < 1.29 is 23.5 Å². The minimum atomic E-state index is -0.871. The molecule has 0 aliphatic rings. The number of carbonyl (C=O) groups is 3. The molecule has 132 valence electrons. The highest BCUT2D eigenvalue weighted by atomic mass is 32.2. The van der Waals surface area contributed by atoms with E-state index >= 15 is 0 Å².